The molecule has 28 heavy (non-hydrogen) atoms. The number of carbonyl (C=O) groups excluding carboxylic acids is 1. The minimum atomic E-state index is -0.435. The second kappa shape index (κ2) is 7.41. The van der Waals surface area contributed by atoms with Crippen LogP contribution in [0.4, 0.5) is 15.9 Å². The molecule has 0 saturated carbocycles. The zero-order valence-electron chi connectivity index (χ0n) is 15.5. The van der Waals surface area contributed by atoms with Crippen molar-refractivity contribution >= 4 is 23.2 Å². The first kappa shape index (κ1) is 18.1. The fraction of sp³-hybridized carbons (Fsp3) is 0.368. The summed E-state index contributed by atoms with van der Waals surface area (Å²) in [6.07, 6.45) is 3.86. The van der Waals surface area contributed by atoms with E-state index in [1.54, 1.807) is 12.3 Å². The molecule has 3 aromatic rings. The number of nitrogens with zero attached hydrogens (tertiary/aromatic N) is 5. The maximum Gasteiger partial charge on any atom is 0.352 e. The van der Waals surface area contributed by atoms with Crippen LogP contribution in [0, 0.1) is 11.7 Å². The molecule has 9 heteroatoms. The van der Waals surface area contributed by atoms with Crippen LogP contribution in [-0.2, 0) is 11.3 Å². The largest absolute Gasteiger partial charge is 0.356 e. The van der Waals surface area contributed by atoms with E-state index in [1.807, 2.05) is 0 Å². The Morgan fingerprint density at radius 2 is 1.93 bits per heavy atom. The lowest BCUT2D eigenvalue weighted by molar-refractivity contribution is -0.117. The van der Waals surface area contributed by atoms with E-state index in [0.717, 1.165) is 36.4 Å². The van der Waals surface area contributed by atoms with Gasteiger partial charge in [0.2, 0.25) is 5.91 Å². The van der Waals surface area contributed by atoms with Crippen LogP contribution >= 0.6 is 0 Å². The van der Waals surface area contributed by atoms with Gasteiger partial charge in [-0.2, -0.15) is 4.98 Å². The molecule has 0 radical (unpaired) electrons. The second-order valence-electron chi connectivity index (χ2n) is 7.12. The molecule has 1 N–H and O–H groups in total. The topological polar surface area (TPSA) is 84.5 Å². The summed E-state index contributed by atoms with van der Waals surface area (Å²) in [4.78, 5) is 31.3. The first-order chi connectivity index (χ1) is 13.5. The van der Waals surface area contributed by atoms with Crippen molar-refractivity contribution in [3.8, 4) is 0 Å². The van der Waals surface area contributed by atoms with E-state index >= 15 is 0 Å². The van der Waals surface area contributed by atoms with Crippen molar-refractivity contribution in [3.05, 3.63) is 52.8 Å². The van der Waals surface area contributed by atoms with Gasteiger partial charge in [0, 0.05) is 25.0 Å². The van der Waals surface area contributed by atoms with Crippen LogP contribution in [-0.4, -0.2) is 38.2 Å². The minimum Gasteiger partial charge on any atom is -0.356 e. The molecule has 1 fully saturated rings. The predicted octanol–water partition coefficient (Wildman–Crippen LogP) is 1.91. The number of amides is 1. The third kappa shape index (κ3) is 3.73. The van der Waals surface area contributed by atoms with Crippen LogP contribution in [0.3, 0.4) is 0 Å². The van der Waals surface area contributed by atoms with Gasteiger partial charge in [-0.25, -0.2) is 18.3 Å². The number of fused-ring (bicyclic) bond motifs is 1. The maximum atomic E-state index is 12.9. The molecule has 146 valence electrons. The van der Waals surface area contributed by atoms with Gasteiger partial charge in [-0.1, -0.05) is 6.92 Å². The van der Waals surface area contributed by atoms with E-state index in [0.29, 0.717) is 11.6 Å². The summed E-state index contributed by atoms with van der Waals surface area (Å²) in [7, 11) is 0. The van der Waals surface area contributed by atoms with Crippen LogP contribution in [0.5, 0.6) is 0 Å². The van der Waals surface area contributed by atoms with Gasteiger partial charge in [0.25, 0.3) is 5.78 Å². The monoisotopic (exact) mass is 384 g/mol. The van der Waals surface area contributed by atoms with Crippen LogP contribution in [0.2, 0.25) is 0 Å². The average molecular weight is 384 g/mol. The predicted molar refractivity (Wildman–Crippen MR) is 103 cm³/mol. The van der Waals surface area contributed by atoms with Gasteiger partial charge < -0.3 is 10.2 Å². The summed E-state index contributed by atoms with van der Waals surface area (Å²) in [5, 5.41) is 6.80. The zero-order valence-corrected chi connectivity index (χ0v) is 15.5. The van der Waals surface area contributed by atoms with Gasteiger partial charge in [-0.15, -0.1) is 5.10 Å². The SMILES string of the molecule is CC1CCN(c2ccn3c(=O)n(CC(=O)Nc4ccc(F)cc4)nc3n2)CC1. The third-order valence-electron chi connectivity index (χ3n) is 4.97. The quantitative estimate of drug-likeness (QED) is 0.743. The van der Waals surface area contributed by atoms with E-state index in [-0.39, 0.29) is 18.1 Å². The highest BCUT2D eigenvalue weighted by Gasteiger charge is 2.19. The first-order valence-electron chi connectivity index (χ1n) is 9.26. The Hall–Kier alpha value is -3.23. The third-order valence-corrected chi connectivity index (χ3v) is 4.97. The Labute approximate surface area is 160 Å². The van der Waals surface area contributed by atoms with Crippen molar-refractivity contribution in [1.29, 1.82) is 0 Å². The van der Waals surface area contributed by atoms with Crippen molar-refractivity contribution in [2.75, 3.05) is 23.3 Å². The fourth-order valence-electron chi connectivity index (χ4n) is 3.28. The number of aromatic nitrogens is 4. The van der Waals surface area contributed by atoms with Crippen molar-refractivity contribution in [2.45, 2.75) is 26.3 Å². The first-order valence-corrected chi connectivity index (χ1v) is 9.26. The van der Waals surface area contributed by atoms with Gasteiger partial charge in [-0.05, 0) is 49.1 Å². The molecular formula is C19H21FN6O2. The summed E-state index contributed by atoms with van der Waals surface area (Å²) in [5.74, 6) is 0.936. The Balaban J connectivity index is 1.51. The molecular weight excluding hydrogens is 363 g/mol. The summed E-state index contributed by atoms with van der Waals surface area (Å²) < 4.78 is 15.3. The van der Waals surface area contributed by atoms with Crippen LogP contribution < -0.4 is 15.9 Å². The Bertz CT molecular complexity index is 1050. The fourth-order valence-corrected chi connectivity index (χ4v) is 3.28. The van der Waals surface area contributed by atoms with Crippen LogP contribution in [0.25, 0.3) is 5.78 Å². The lowest BCUT2D eigenvalue weighted by Gasteiger charge is -2.30. The molecule has 4 rings (SSSR count). The van der Waals surface area contributed by atoms with Crippen LogP contribution in [0.1, 0.15) is 19.8 Å². The highest BCUT2D eigenvalue weighted by atomic mass is 19.1. The van der Waals surface area contributed by atoms with Gasteiger partial charge in [0.15, 0.2) is 0 Å². The molecule has 1 aliphatic heterocycles. The van der Waals surface area contributed by atoms with E-state index in [1.165, 1.54) is 28.7 Å². The molecule has 0 atom stereocenters. The summed E-state index contributed by atoms with van der Waals surface area (Å²) in [6, 6.07) is 7.20. The Morgan fingerprint density at radius 3 is 2.64 bits per heavy atom. The number of anilines is 2. The Kier molecular flexibility index (Phi) is 4.81. The molecule has 0 bridgehead atoms. The second-order valence-corrected chi connectivity index (χ2v) is 7.12. The molecule has 3 heterocycles. The zero-order chi connectivity index (χ0) is 19.7. The number of benzene rings is 1. The maximum absolute atomic E-state index is 12.9. The van der Waals surface area contributed by atoms with Gasteiger partial charge in [-0.3, -0.25) is 4.79 Å². The number of rotatable bonds is 4. The smallest absolute Gasteiger partial charge is 0.352 e. The summed E-state index contributed by atoms with van der Waals surface area (Å²) in [6.45, 7) is 3.84. The van der Waals surface area contributed by atoms with Crippen LogP contribution in [0.15, 0.2) is 41.3 Å². The van der Waals surface area contributed by atoms with E-state index < -0.39 is 11.6 Å². The van der Waals surface area contributed by atoms with Gasteiger partial charge >= 0.3 is 5.69 Å². The number of hydrogen-bond acceptors (Lipinski definition) is 5. The van der Waals surface area contributed by atoms with Gasteiger partial charge in [0.05, 0.1) is 0 Å². The molecule has 1 amide bonds. The molecule has 1 aliphatic rings. The lowest BCUT2D eigenvalue weighted by atomic mass is 9.99. The van der Waals surface area contributed by atoms with E-state index in [4.69, 9.17) is 0 Å². The van der Waals surface area contributed by atoms with E-state index in [9.17, 15) is 14.0 Å². The number of piperidine rings is 1. The van der Waals surface area contributed by atoms with Gasteiger partial charge in [0.1, 0.15) is 18.2 Å². The van der Waals surface area contributed by atoms with Crippen molar-refractivity contribution in [3.63, 3.8) is 0 Å². The highest BCUT2D eigenvalue weighted by molar-refractivity contribution is 5.90. The molecule has 2 aromatic heterocycles. The average Bonchev–Trinajstić information content (AvgIpc) is 2.99. The molecule has 0 spiro atoms. The number of nitrogens with one attached hydrogen (secondary N) is 1. The van der Waals surface area contributed by atoms with E-state index in [2.05, 4.69) is 27.2 Å². The number of hydrogen-bond donors (Lipinski definition) is 1. The number of carbonyl (C=O) groups is 1. The lowest BCUT2D eigenvalue weighted by Crippen LogP contribution is -2.33. The summed E-state index contributed by atoms with van der Waals surface area (Å²) >= 11 is 0. The standard InChI is InChI=1S/C19H21FN6O2/c1-13-6-9-24(10-7-13)16-8-11-25-18(22-16)23-26(19(25)28)12-17(27)21-15-4-2-14(20)3-5-15/h2-5,8,11,13H,6-7,9-10,12H2,1H3,(H,21,27). The molecule has 0 unspecified atom stereocenters. The van der Waals surface area contributed by atoms with Crippen molar-refractivity contribution in [2.24, 2.45) is 5.92 Å². The normalized spacial score (nSPS) is 15.1. The highest BCUT2D eigenvalue weighted by Crippen LogP contribution is 2.21. The molecule has 1 aromatic carbocycles. The van der Waals surface area contributed by atoms with Crippen molar-refractivity contribution in [1.82, 2.24) is 19.2 Å². The van der Waals surface area contributed by atoms with Crippen molar-refractivity contribution < 1.29 is 9.18 Å². The minimum absolute atomic E-state index is 0.254. The Morgan fingerprint density at radius 1 is 1.21 bits per heavy atom. The molecule has 8 nitrogen and oxygen atoms in total. The molecule has 0 aliphatic carbocycles. The number of halogens is 1. The summed E-state index contributed by atoms with van der Waals surface area (Å²) in [5.41, 5.74) is 0.0125. The molecule has 1 saturated heterocycles.